The van der Waals surface area contributed by atoms with Crippen LogP contribution < -0.4 is 10.6 Å². The number of aromatic nitrogens is 3. The van der Waals surface area contributed by atoms with E-state index in [1.54, 1.807) is 10.8 Å². The van der Waals surface area contributed by atoms with Gasteiger partial charge in [0.05, 0.1) is 6.54 Å². The molecular weight excluding hydrogens is 386 g/mol. The van der Waals surface area contributed by atoms with Crippen LogP contribution in [0.5, 0.6) is 0 Å². The summed E-state index contributed by atoms with van der Waals surface area (Å²) in [5.74, 6) is 1.20. The van der Waals surface area contributed by atoms with Gasteiger partial charge in [0.15, 0.2) is 5.82 Å². The largest absolute Gasteiger partial charge is 0.380 e. The molecule has 0 radical (unpaired) electrons. The summed E-state index contributed by atoms with van der Waals surface area (Å²) in [6.45, 7) is 20.9. The molecule has 0 aromatic carbocycles. The van der Waals surface area contributed by atoms with Crippen molar-refractivity contribution in [3.63, 3.8) is 0 Å². The monoisotopic (exact) mass is 423 g/mol. The average Bonchev–Trinajstić information content (AvgIpc) is 3.20. The second-order valence-electron chi connectivity index (χ2n) is 6.22. The van der Waals surface area contributed by atoms with Gasteiger partial charge < -0.3 is 10.6 Å². The first-order valence-corrected chi connectivity index (χ1v) is 10.4. The highest BCUT2D eigenvalue weighted by atomic mass is 16.1. The van der Waals surface area contributed by atoms with E-state index in [4.69, 9.17) is 0 Å². The number of nitrogens with zero attached hydrogens (tertiary/aromatic N) is 3. The summed E-state index contributed by atoms with van der Waals surface area (Å²) in [5.41, 5.74) is 3.67. The summed E-state index contributed by atoms with van der Waals surface area (Å²) in [6.07, 6.45) is 15.0. The summed E-state index contributed by atoms with van der Waals surface area (Å²) in [5, 5.41) is 11.2. The summed E-state index contributed by atoms with van der Waals surface area (Å²) < 4.78 is 1.78. The predicted octanol–water partition coefficient (Wildman–Crippen LogP) is 5.59. The van der Waals surface area contributed by atoms with Crippen molar-refractivity contribution in [2.45, 2.75) is 47.6 Å². The lowest BCUT2D eigenvalue weighted by molar-refractivity contribution is -0.104. The molecule has 0 amide bonds. The number of aryl methyl sites for hydroxylation is 1. The number of hydrogen-bond donors (Lipinski definition) is 2. The molecule has 0 bridgehead atoms. The summed E-state index contributed by atoms with van der Waals surface area (Å²) in [7, 11) is 0. The quantitative estimate of drug-likeness (QED) is 0.198. The highest BCUT2D eigenvalue weighted by molar-refractivity contribution is 5.76. The molecule has 168 valence electrons. The highest BCUT2D eigenvalue weighted by Gasteiger charge is 2.14. The molecule has 0 aliphatic rings. The number of carbonyl (C=O) groups excluding carboxylic acids is 1. The molecular formula is C25H37N5O. The molecule has 0 fully saturated rings. The summed E-state index contributed by atoms with van der Waals surface area (Å²) in [6, 6.07) is 0. The minimum atomic E-state index is 0.460. The molecule has 1 rings (SSSR count). The predicted molar refractivity (Wildman–Crippen MR) is 134 cm³/mol. The van der Waals surface area contributed by atoms with Gasteiger partial charge in [-0.1, -0.05) is 43.9 Å². The molecule has 0 aliphatic carbocycles. The topological polar surface area (TPSA) is 71.8 Å². The van der Waals surface area contributed by atoms with Gasteiger partial charge in [0.1, 0.15) is 6.29 Å². The fourth-order valence-corrected chi connectivity index (χ4v) is 2.49. The van der Waals surface area contributed by atoms with E-state index in [2.05, 4.69) is 53.5 Å². The maximum absolute atomic E-state index is 11.1. The number of nitrogens with one attached hydrogen (secondary N) is 2. The number of anilines is 1. The number of allylic oxidation sites excluding steroid dienone is 9. The minimum Gasteiger partial charge on any atom is -0.380 e. The number of carbonyl (C=O) groups is 1. The molecule has 0 aliphatic heterocycles. The molecule has 0 saturated heterocycles. The molecule has 6 nitrogen and oxygen atoms in total. The van der Waals surface area contributed by atoms with Crippen molar-refractivity contribution >= 4 is 17.8 Å². The Balaban J connectivity index is 0.00000436. The summed E-state index contributed by atoms with van der Waals surface area (Å²) in [4.78, 5) is 15.8. The molecule has 0 atom stereocenters. The second kappa shape index (κ2) is 16.4. The van der Waals surface area contributed by atoms with Gasteiger partial charge in [0.25, 0.3) is 0 Å². The van der Waals surface area contributed by atoms with Crippen LogP contribution in [0, 0.1) is 0 Å². The van der Waals surface area contributed by atoms with Gasteiger partial charge in [-0.25, -0.2) is 4.68 Å². The van der Waals surface area contributed by atoms with E-state index in [1.807, 2.05) is 52.0 Å². The van der Waals surface area contributed by atoms with Crippen molar-refractivity contribution in [2.24, 2.45) is 0 Å². The maximum atomic E-state index is 11.1. The molecule has 6 heteroatoms. The van der Waals surface area contributed by atoms with Crippen molar-refractivity contribution in [1.82, 2.24) is 20.1 Å². The van der Waals surface area contributed by atoms with E-state index in [0.29, 0.717) is 30.6 Å². The number of aldehydes is 1. The van der Waals surface area contributed by atoms with E-state index >= 15 is 0 Å². The Bertz CT molecular complexity index is 853. The molecule has 0 unspecified atom stereocenters. The molecule has 31 heavy (non-hydrogen) atoms. The van der Waals surface area contributed by atoms with Gasteiger partial charge in [-0.2, -0.15) is 4.98 Å². The number of rotatable bonds is 12. The first-order valence-electron chi connectivity index (χ1n) is 10.4. The van der Waals surface area contributed by atoms with Gasteiger partial charge in [-0.05, 0) is 51.8 Å². The van der Waals surface area contributed by atoms with Crippen LogP contribution in [0.25, 0.3) is 5.57 Å². The Kier molecular flexibility index (Phi) is 14.6. The Hall–Kier alpha value is -3.41. The van der Waals surface area contributed by atoms with Crippen LogP contribution in [-0.2, 0) is 11.3 Å². The van der Waals surface area contributed by atoms with Gasteiger partial charge in [0, 0.05) is 23.5 Å². The van der Waals surface area contributed by atoms with E-state index in [0.717, 1.165) is 29.6 Å². The lowest BCUT2D eigenvalue weighted by Gasteiger charge is -2.12. The lowest BCUT2D eigenvalue weighted by Crippen LogP contribution is -2.21. The van der Waals surface area contributed by atoms with E-state index in [-0.39, 0.29) is 0 Å². The van der Waals surface area contributed by atoms with Crippen LogP contribution in [-0.4, -0.2) is 27.6 Å². The Morgan fingerprint density at radius 1 is 1.16 bits per heavy atom. The average molecular weight is 424 g/mol. The van der Waals surface area contributed by atoms with Crippen molar-refractivity contribution in [2.75, 3.05) is 11.9 Å². The third-order valence-electron chi connectivity index (χ3n) is 4.22. The fourth-order valence-electron chi connectivity index (χ4n) is 2.49. The first-order chi connectivity index (χ1) is 15.0. The Morgan fingerprint density at radius 3 is 2.39 bits per heavy atom. The normalized spacial score (nSPS) is 12.9. The zero-order chi connectivity index (χ0) is 23.6. The third-order valence-corrected chi connectivity index (χ3v) is 4.22. The van der Waals surface area contributed by atoms with Gasteiger partial charge in [-0.3, -0.25) is 4.79 Å². The standard InChI is InChI=1S/C23H33N5O.C2H4/c1-7-12-14-19(10-4)24-17-20(15-16-29)25-23-26-22(27-28(23)11-5)21(13-8-2)18(6)9-3;1-2/h8-10,12-16,24H,2,7,11,17H2,1,3-6H3,(H,25,26,27);1-2H2/b14-12-,18-9-,19-10+,20-15-,21-13+;. The van der Waals surface area contributed by atoms with Crippen LogP contribution in [0.2, 0.25) is 0 Å². The maximum Gasteiger partial charge on any atom is 0.226 e. The Labute approximate surface area is 187 Å². The van der Waals surface area contributed by atoms with Crippen LogP contribution in [0.15, 0.2) is 79.2 Å². The van der Waals surface area contributed by atoms with Gasteiger partial charge in [-0.15, -0.1) is 18.3 Å². The van der Waals surface area contributed by atoms with Crippen LogP contribution in [0.1, 0.15) is 46.9 Å². The van der Waals surface area contributed by atoms with E-state index in [9.17, 15) is 4.79 Å². The van der Waals surface area contributed by atoms with Crippen LogP contribution in [0.4, 0.5) is 5.95 Å². The zero-order valence-corrected chi connectivity index (χ0v) is 19.6. The van der Waals surface area contributed by atoms with Crippen molar-refractivity contribution < 1.29 is 4.79 Å². The van der Waals surface area contributed by atoms with E-state index < -0.39 is 0 Å². The SMILES string of the molecule is C=C.C=C/C=C(\C(C)=C/C)c1nc(N/C(=C\C=O)CNC(/C=C\CC)=C/C)n(CC)n1. The third kappa shape index (κ3) is 9.30. The highest BCUT2D eigenvalue weighted by Crippen LogP contribution is 2.22. The molecule has 1 heterocycles. The van der Waals surface area contributed by atoms with Crippen molar-refractivity contribution in [3.8, 4) is 0 Å². The van der Waals surface area contributed by atoms with Crippen molar-refractivity contribution in [1.29, 1.82) is 0 Å². The minimum absolute atomic E-state index is 0.460. The molecule has 2 N–H and O–H groups in total. The fraction of sp³-hybridized carbons (Fsp3) is 0.320. The molecule has 0 saturated carbocycles. The Morgan fingerprint density at radius 2 is 1.87 bits per heavy atom. The molecule has 1 aromatic heterocycles. The molecule has 0 spiro atoms. The second-order valence-corrected chi connectivity index (χ2v) is 6.22. The smallest absolute Gasteiger partial charge is 0.226 e. The van der Waals surface area contributed by atoms with Gasteiger partial charge >= 0.3 is 0 Å². The van der Waals surface area contributed by atoms with Crippen molar-refractivity contribution in [3.05, 3.63) is 85.1 Å². The number of hydrogen-bond acceptors (Lipinski definition) is 5. The van der Waals surface area contributed by atoms with Gasteiger partial charge in [0.2, 0.25) is 5.95 Å². The zero-order valence-electron chi connectivity index (χ0n) is 19.6. The first kappa shape index (κ1) is 27.6. The molecule has 1 aromatic rings. The van der Waals surface area contributed by atoms with Crippen LogP contribution in [0.3, 0.4) is 0 Å². The van der Waals surface area contributed by atoms with E-state index in [1.165, 1.54) is 6.08 Å². The lowest BCUT2D eigenvalue weighted by atomic mass is 10.1. The van der Waals surface area contributed by atoms with Crippen LogP contribution >= 0.6 is 0 Å². The summed E-state index contributed by atoms with van der Waals surface area (Å²) >= 11 is 0.